The van der Waals surface area contributed by atoms with E-state index in [-0.39, 0.29) is 46.2 Å². The number of pyridine rings is 2. The van der Waals surface area contributed by atoms with Gasteiger partial charge in [-0.25, -0.2) is 36.8 Å². The molecule has 368 valence electrons. The van der Waals surface area contributed by atoms with E-state index in [4.69, 9.17) is 32.7 Å². The lowest BCUT2D eigenvalue weighted by atomic mass is 10.1. The number of ether oxygens (including phenoxy) is 2. The Morgan fingerprint density at radius 1 is 0.586 bits per heavy atom. The number of nitrogens with zero attached hydrogens (tertiary/aromatic N) is 14. The fraction of sp³-hybridized carbons (Fsp3) is 0.333. The third-order valence-electron chi connectivity index (χ3n) is 11.3. The summed E-state index contributed by atoms with van der Waals surface area (Å²) in [5.74, 6) is -0.428. The third-order valence-corrected chi connectivity index (χ3v) is 16.1. The molecule has 24 nitrogen and oxygen atoms in total. The molecule has 0 bridgehead atoms. The fourth-order valence-electron chi connectivity index (χ4n) is 7.13. The lowest BCUT2D eigenvalue weighted by molar-refractivity contribution is 0.411. The van der Waals surface area contributed by atoms with Crippen molar-refractivity contribution in [3.8, 4) is 45.9 Å². The summed E-state index contributed by atoms with van der Waals surface area (Å²) in [5.41, 5.74) is -0.0954. The van der Waals surface area contributed by atoms with Gasteiger partial charge in [-0.15, -0.1) is 20.4 Å². The summed E-state index contributed by atoms with van der Waals surface area (Å²) in [5, 5.41) is 24.3. The summed E-state index contributed by atoms with van der Waals surface area (Å²) >= 11 is 11.7. The molecule has 0 saturated carbocycles. The van der Waals surface area contributed by atoms with Crippen LogP contribution in [0.1, 0.15) is 62.8 Å². The van der Waals surface area contributed by atoms with Crippen molar-refractivity contribution in [1.29, 1.82) is 0 Å². The molecule has 8 aromatic rings. The third kappa shape index (κ3) is 10.7. The molecular formula is C42H46Cl2N16O8S2. The highest BCUT2D eigenvalue weighted by molar-refractivity contribution is 7.91. The van der Waals surface area contributed by atoms with Crippen LogP contribution in [0.25, 0.3) is 34.4 Å². The first-order chi connectivity index (χ1) is 33.2. The molecule has 8 aromatic heterocycles. The molecule has 28 heteroatoms. The Morgan fingerprint density at radius 3 is 1.26 bits per heavy atom. The van der Waals surface area contributed by atoms with Gasteiger partial charge in [0.2, 0.25) is 0 Å². The number of aromatic amines is 2. The maximum Gasteiger partial charge on any atom is 0.276 e. The van der Waals surface area contributed by atoms with Crippen molar-refractivity contribution in [2.75, 3.05) is 14.2 Å². The quantitative estimate of drug-likeness (QED) is 0.139. The molecular weight excluding hydrogens is 992 g/mol. The summed E-state index contributed by atoms with van der Waals surface area (Å²) in [6, 6.07) is 6.48. The molecule has 4 atom stereocenters. The van der Waals surface area contributed by atoms with Crippen LogP contribution in [0.2, 0.25) is 10.0 Å². The van der Waals surface area contributed by atoms with Crippen molar-refractivity contribution in [1.82, 2.24) is 79.0 Å². The van der Waals surface area contributed by atoms with E-state index in [0.29, 0.717) is 33.1 Å². The zero-order chi connectivity index (χ0) is 50.7. The highest BCUT2D eigenvalue weighted by Gasteiger charge is 2.35. The van der Waals surface area contributed by atoms with Gasteiger partial charge in [-0.2, -0.15) is 10.2 Å². The zero-order valence-corrected chi connectivity index (χ0v) is 41.9. The van der Waals surface area contributed by atoms with Crippen LogP contribution in [0.4, 0.5) is 0 Å². The number of aryl methyl sites for hydroxylation is 2. The molecule has 8 heterocycles. The van der Waals surface area contributed by atoms with E-state index in [1.807, 2.05) is 0 Å². The normalized spacial score (nSPS) is 13.5. The number of aromatic nitrogens is 16. The molecule has 0 unspecified atom stereocenters. The number of hydrogen-bond donors (Lipinski definition) is 2. The van der Waals surface area contributed by atoms with Gasteiger partial charge < -0.3 is 19.4 Å². The molecule has 0 spiro atoms. The number of rotatable bonds is 16. The molecule has 0 amide bonds. The molecule has 0 saturated heterocycles. The number of sulfone groups is 2. The van der Waals surface area contributed by atoms with Gasteiger partial charge in [-0.3, -0.25) is 28.1 Å². The predicted molar refractivity (Wildman–Crippen MR) is 257 cm³/mol. The van der Waals surface area contributed by atoms with Crippen LogP contribution in [0.3, 0.4) is 0 Å². The summed E-state index contributed by atoms with van der Waals surface area (Å²) in [7, 11) is -1.34. The van der Waals surface area contributed by atoms with Crippen LogP contribution in [-0.4, -0.2) is 121 Å². The van der Waals surface area contributed by atoms with Gasteiger partial charge in [0.1, 0.15) is 46.0 Å². The van der Waals surface area contributed by atoms with E-state index in [1.54, 1.807) is 87.8 Å². The number of halogens is 2. The summed E-state index contributed by atoms with van der Waals surface area (Å²) in [4.78, 5) is 47.5. The number of nitrogens with one attached hydrogen (secondary N) is 2. The SMILES string of the molecule is COc1cc[nH]c(=O)c1-n1c(CS(=O)(=O)[C@@H](C)[C@H](C)c2ncc(Cl)cn2)nnc1-c1ccn(C)n1.COc1cc[nH]c(=O)c1-n1c(CS(=O)(=O)[C@@H](C)[C@H](C)c2ncc(Cl)cn2)nnc1-c1ccn(C)n1. The predicted octanol–water partition coefficient (Wildman–Crippen LogP) is 3.83. The Morgan fingerprint density at radius 2 is 0.943 bits per heavy atom. The Hall–Kier alpha value is -7.16. The number of hydrogen-bond acceptors (Lipinski definition) is 18. The van der Waals surface area contributed by atoms with E-state index in [1.165, 1.54) is 60.5 Å². The highest BCUT2D eigenvalue weighted by atomic mass is 35.5. The van der Waals surface area contributed by atoms with Crippen LogP contribution >= 0.6 is 23.2 Å². The topological polar surface area (TPSA) is 301 Å². The van der Waals surface area contributed by atoms with Gasteiger partial charge in [0.15, 0.2) is 54.3 Å². The van der Waals surface area contributed by atoms with E-state index < -0.39 is 64.6 Å². The van der Waals surface area contributed by atoms with Crippen molar-refractivity contribution in [3.63, 3.8) is 0 Å². The average molecular weight is 1040 g/mol. The maximum absolute atomic E-state index is 13.5. The molecule has 0 fully saturated rings. The van der Waals surface area contributed by atoms with Crippen molar-refractivity contribution in [3.05, 3.63) is 128 Å². The van der Waals surface area contributed by atoms with Gasteiger partial charge in [0, 0.05) is 75.5 Å². The number of H-pyrrole nitrogens is 2. The Bertz CT molecular complexity index is 3250. The van der Waals surface area contributed by atoms with Gasteiger partial charge in [-0.1, -0.05) is 37.0 Å². The Kier molecular flexibility index (Phi) is 15.1. The van der Waals surface area contributed by atoms with Crippen LogP contribution in [0, 0.1) is 0 Å². The van der Waals surface area contributed by atoms with Crippen LogP contribution in [0.15, 0.2) is 83.4 Å². The largest absolute Gasteiger partial charge is 0.494 e. The second-order valence-corrected chi connectivity index (χ2v) is 21.5. The molecule has 8 rings (SSSR count). The van der Waals surface area contributed by atoms with Crippen LogP contribution in [0.5, 0.6) is 11.5 Å². The van der Waals surface area contributed by atoms with Crippen molar-refractivity contribution in [2.24, 2.45) is 14.1 Å². The molecule has 2 N–H and O–H groups in total. The molecule has 0 aromatic carbocycles. The monoisotopic (exact) mass is 1040 g/mol. The minimum Gasteiger partial charge on any atom is -0.494 e. The van der Waals surface area contributed by atoms with E-state index in [0.717, 1.165) is 0 Å². The Balaban J connectivity index is 0.000000206. The highest BCUT2D eigenvalue weighted by Crippen LogP contribution is 2.31. The van der Waals surface area contributed by atoms with E-state index in [9.17, 15) is 26.4 Å². The molecule has 0 aliphatic heterocycles. The van der Waals surface area contributed by atoms with Gasteiger partial charge in [0.05, 0.1) is 34.8 Å². The average Bonchev–Trinajstić information content (AvgIpc) is 4.15. The fourth-order valence-corrected chi connectivity index (χ4v) is 10.4. The molecule has 70 heavy (non-hydrogen) atoms. The zero-order valence-electron chi connectivity index (χ0n) is 38.8. The van der Waals surface area contributed by atoms with Gasteiger partial charge >= 0.3 is 0 Å². The molecule has 0 aliphatic rings. The van der Waals surface area contributed by atoms with Crippen molar-refractivity contribution >= 4 is 42.9 Å². The lowest BCUT2D eigenvalue weighted by Gasteiger charge is -2.19. The van der Waals surface area contributed by atoms with Crippen LogP contribution < -0.4 is 20.6 Å². The summed E-state index contributed by atoms with van der Waals surface area (Å²) in [6.45, 7) is 6.60. The first-order valence-electron chi connectivity index (χ1n) is 21.0. The molecule has 0 aliphatic carbocycles. The van der Waals surface area contributed by atoms with Gasteiger partial charge in [0.25, 0.3) is 11.1 Å². The smallest absolute Gasteiger partial charge is 0.276 e. The summed E-state index contributed by atoms with van der Waals surface area (Å²) in [6.07, 6.45) is 11.9. The van der Waals surface area contributed by atoms with Crippen molar-refractivity contribution in [2.45, 2.75) is 61.5 Å². The molecule has 0 radical (unpaired) electrons. The summed E-state index contributed by atoms with van der Waals surface area (Å²) < 4.78 is 70.5. The standard InChI is InChI=1S/2C21H23ClN8O4S/c2*1-12(19-24-9-14(22)10-25-19)13(2)35(32,33)11-17-26-27-20(15-6-8-29(3)28-15)30(17)18-16(34-4)5-7-23-21(18)31/h2*5-10,12-13H,11H2,1-4H3,(H,23,31)/t2*12-,13-/m00/s1. The second-order valence-electron chi connectivity index (χ2n) is 15.9. The first-order valence-corrected chi connectivity index (χ1v) is 25.2. The lowest BCUT2D eigenvalue weighted by Crippen LogP contribution is -2.28. The van der Waals surface area contributed by atoms with Crippen molar-refractivity contribution < 1.29 is 26.3 Å². The minimum absolute atomic E-state index is 0.0386. The second kappa shape index (κ2) is 20.8. The van der Waals surface area contributed by atoms with Gasteiger partial charge in [-0.05, 0) is 38.1 Å². The maximum atomic E-state index is 13.5. The van der Waals surface area contributed by atoms with E-state index >= 15 is 0 Å². The van der Waals surface area contributed by atoms with Crippen LogP contribution in [-0.2, 0) is 45.3 Å². The van der Waals surface area contributed by atoms with E-state index in [2.05, 4.69) is 60.5 Å². The number of methoxy groups -OCH3 is 2. The first kappa shape index (κ1) is 50.7. The minimum atomic E-state index is -3.81. The Labute approximate surface area is 410 Å².